The molecule has 0 aliphatic carbocycles. The van der Waals surface area contributed by atoms with Crippen molar-refractivity contribution in [3.05, 3.63) is 40.8 Å². The molecule has 4 heteroatoms. The van der Waals surface area contributed by atoms with Gasteiger partial charge in [-0.3, -0.25) is 0 Å². The summed E-state index contributed by atoms with van der Waals surface area (Å²) in [5.41, 5.74) is 0. The summed E-state index contributed by atoms with van der Waals surface area (Å²) in [7, 11) is 1.35. The first-order valence-electron chi connectivity index (χ1n) is 3.89. The van der Waals surface area contributed by atoms with Crippen LogP contribution in [0.15, 0.2) is 40.6 Å². The largest absolute Gasteiger partial charge is 0.466 e. The normalized spacial score (nSPS) is 10.4. The van der Waals surface area contributed by atoms with Crippen LogP contribution in [-0.4, -0.2) is 13.1 Å². The number of benzene rings is 1. The highest BCUT2D eigenvalue weighted by Gasteiger charge is 1.92. The van der Waals surface area contributed by atoms with Gasteiger partial charge in [-0.15, -0.1) is 0 Å². The summed E-state index contributed by atoms with van der Waals surface area (Å²) < 4.78 is 4.45. The summed E-state index contributed by atoms with van der Waals surface area (Å²) >= 11 is 7.15. The molecule has 1 aromatic rings. The number of carbonyl (C=O) groups is 1. The van der Waals surface area contributed by atoms with Gasteiger partial charge < -0.3 is 4.74 Å². The summed E-state index contributed by atoms with van der Waals surface area (Å²) in [4.78, 5) is 11.7. The van der Waals surface area contributed by atoms with Crippen molar-refractivity contribution in [1.82, 2.24) is 0 Å². The monoisotopic (exact) mass is 228 g/mol. The summed E-state index contributed by atoms with van der Waals surface area (Å²) in [6.07, 6.45) is 1.37. The van der Waals surface area contributed by atoms with Crippen LogP contribution in [0.25, 0.3) is 0 Å². The van der Waals surface area contributed by atoms with Gasteiger partial charge in [-0.2, -0.15) is 0 Å². The van der Waals surface area contributed by atoms with Crippen molar-refractivity contribution >= 4 is 29.3 Å². The first-order chi connectivity index (χ1) is 6.72. The van der Waals surface area contributed by atoms with E-state index in [-0.39, 0.29) is 5.97 Å². The number of ether oxygens (including phenoxy) is 1. The topological polar surface area (TPSA) is 26.3 Å². The lowest BCUT2D eigenvalue weighted by molar-refractivity contribution is -0.134. The standard InChI is InChI=1S/C10H9ClO2S/c1-13-10(12)6-7-14-9-4-2-8(11)3-5-9/h2-7H,1H3/b7-6-. The molecule has 0 saturated carbocycles. The fourth-order valence-corrected chi connectivity index (χ4v) is 1.50. The lowest BCUT2D eigenvalue weighted by atomic mass is 10.4. The van der Waals surface area contributed by atoms with Crippen LogP contribution in [0.5, 0.6) is 0 Å². The van der Waals surface area contributed by atoms with Crippen molar-refractivity contribution in [3.63, 3.8) is 0 Å². The van der Waals surface area contributed by atoms with Gasteiger partial charge >= 0.3 is 5.97 Å². The molecule has 0 aliphatic rings. The molecule has 14 heavy (non-hydrogen) atoms. The summed E-state index contributed by atoms with van der Waals surface area (Å²) in [6, 6.07) is 7.37. The molecule has 74 valence electrons. The Bertz CT molecular complexity index is 332. The van der Waals surface area contributed by atoms with Gasteiger partial charge in [-0.1, -0.05) is 23.4 Å². The third-order valence-corrected chi connectivity index (χ3v) is 2.49. The van der Waals surface area contributed by atoms with Crippen molar-refractivity contribution in [1.29, 1.82) is 0 Å². The van der Waals surface area contributed by atoms with Gasteiger partial charge in [0.25, 0.3) is 0 Å². The van der Waals surface area contributed by atoms with Gasteiger partial charge in [0.05, 0.1) is 7.11 Å². The molecule has 0 aromatic heterocycles. The number of halogens is 1. The summed E-state index contributed by atoms with van der Waals surface area (Å²) in [6.45, 7) is 0. The van der Waals surface area contributed by atoms with Gasteiger partial charge in [0.1, 0.15) is 0 Å². The molecular formula is C10H9ClO2S. The molecule has 0 spiro atoms. The van der Waals surface area contributed by atoms with Crippen molar-refractivity contribution in [2.75, 3.05) is 7.11 Å². The van der Waals surface area contributed by atoms with Crippen LogP contribution in [0.4, 0.5) is 0 Å². The second kappa shape index (κ2) is 5.73. The second-order valence-electron chi connectivity index (χ2n) is 2.40. The number of methoxy groups -OCH3 is 1. The molecule has 0 heterocycles. The number of hydrogen-bond donors (Lipinski definition) is 0. The van der Waals surface area contributed by atoms with Crippen LogP contribution in [0.2, 0.25) is 5.02 Å². The van der Waals surface area contributed by atoms with E-state index in [1.54, 1.807) is 17.5 Å². The number of carbonyl (C=O) groups excluding carboxylic acids is 1. The zero-order valence-corrected chi connectivity index (χ0v) is 9.14. The van der Waals surface area contributed by atoms with Crippen molar-refractivity contribution < 1.29 is 9.53 Å². The van der Waals surface area contributed by atoms with E-state index in [0.717, 1.165) is 4.90 Å². The quantitative estimate of drug-likeness (QED) is 0.452. The van der Waals surface area contributed by atoms with E-state index in [4.69, 9.17) is 11.6 Å². The third-order valence-electron chi connectivity index (χ3n) is 1.42. The first-order valence-corrected chi connectivity index (χ1v) is 5.15. The Morgan fingerprint density at radius 3 is 2.64 bits per heavy atom. The fourth-order valence-electron chi connectivity index (χ4n) is 0.749. The van der Waals surface area contributed by atoms with E-state index in [1.165, 1.54) is 24.9 Å². The highest BCUT2D eigenvalue weighted by atomic mass is 35.5. The molecule has 1 aromatic carbocycles. The van der Waals surface area contributed by atoms with E-state index in [2.05, 4.69) is 4.74 Å². The number of thioether (sulfide) groups is 1. The Hall–Kier alpha value is -0.930. The molecule has 0 fully saturated rings. The average Bonchev–Trinajstić information content (AvgIpc) is 2.21. The van der Waals surface area contributed by atoms with Crippen molar-refractivity contribution in [3.8, 4) is 0 Å². The lowest BCUT2D eigenvalue weighted by Gasteiger charge is -1.95. The summed E-state index contributed by atoms with van der Waals surface area (Å²) in [5.74, 6) is -0.355. The van der Waals surface area contributed by atoms with Gasteiger partial charge in [0, 0.05) is 16.0 Å². The highest BCUT2D eigenvalue weighted by molar-refractivity contribution is 8.02. The Morgan fingerprint density at radius 1 is 1.43 bits per heavy atom. The molecule has 0 amide bonds. The van der Waals surface area contributed by atoms with Crippen LogP contribution in [-0.2, 0) is 9.53 Å². The van der Waals surface area contributed by atoms with Crippen LogP contribution in [0, 0.1) is 0 Å². The maximum atomic E-state index is 10.7. The minimum Gasteiger partial charge on any atom is -0.466 e. The smallest absolute Gasteiger partial charge is 0.330 e. The van der Waals surface area contributed by atoms with Gasteiger partial charge in [0.2, 0.25) is 0 Å². The molecule has 0 bridgehead atoms. The lowest BCUT2D eigenvalue weighted by Crippen LogP contribution is -1.92. The Labute approximate surface area is 91.9 Å². The van der Waals surface area contributed by atoms with Gasteiger partial charge in [0.15, 0.2) is 0 Å². The number of rotatable bonds is 3. The van der Waals surface area contributed by atoms with Crippen LogP contribution in [0.3, 0.4) is 0 Å². The third kappa shape index (κ3) is 3.85. The van der Waals surface area contributed by atoms with E-state index >= 15 is 0 Å². The second-order valence-corrected chi connectivity index (χ2v) is 3.81. The van der Waals surface area contributed by atoms with Crippen molar-refractivity contribution in [2.45, 2.75) is 4.90 Å². The Morgan fingerprint density at radius 2 is 2.07 bits per heavy atom. The molecule has 0 unspecified atom stereocenters. The van der Waals surface area contributed by atoms with Crippen LogP contribution in [0.1, 0.15) is 0 Å². The minimum atomic E-state index is -0.355. The zero-order valence-electron chi connectivity index (χ0n) is 7.57. The van der Waals surface area contributed by atoms with Gasteiger partial charge in [-0.25, -0.2) is 4.79 Å². The maximum Gasteiger partial charge on any atom is 0.330 e. The SMILES string of the molecule is COC(=O)/C=C\Sc1ccc(Cl)cc1. The number of hydrogen-bond acceptors (Lipinski definition) is 3. The molecular weight excluding hydrogens is 220 g/mol. The Kier molecular flexibility index (Phi) is 4.56. The zero-order chi connectivity index (χ0) is 10.4. The molecule has 2 nitrogen and oxygen atoms in total. The average molecular weight is 229 g/mol. The summed E-state index contributed by atoms with van der Waals surface area (Å²) in [5, 5.41) is 2.38. The maximum absolute atomic E-state index is 10.7. The van der Waals surface area contributed by atoms with Crippen LogP contribution >= 0.6 is 23.4 Å². The highest BCUT2D eigenvalue weighted by Crippen LogP contribution is 2.20. The van der Waals surface area contributed by atoms with Crippen molar-refractivity contribution in [2.24, 2.45) is 0 Å². The molecule has 0 atom stereocenters. The molecule has 0 saturated heterocycles. The predicted molar refractivity (Wildman–Crippen MR) is 58.5 cm³/mol. The molecule has 0 aliphatic heterocycles. The predicted octanol–water partition coefficient (Wildman–Crippen LogP) is 3.12. The fraction of sp³-hybridized carbons (Fsp3) is 0.100. The molecule has 0 N–H and O–H groups in total. The van der Waals surface area contributed by atoms with E-state index in [9.17, 15) is 4.79 Å². The van der Waals surface area contributed by atoms with Gasteiger partial charge in [-0.05, 0) is 29.7 Å². The molecule has 0 radical (unpaired) electrons. The Balaban J connectivity index is 2.49. The number of esters is 1. The molecule has 1 rings (SSSR count). The van der Waals surface area contributed by atoms with Crippen LogP contribution < -0.4 is 0 Å². The minimum absolute atomic E-state index is 0.355. The first kappa shape index (κ1) is 11.1. The van der Waals surface area contributed by atoms with E-state index < -0.39 is 0 Å². The van der Waals surface area contributed by atoms with E-state index in [0.29, 0.717) is 5.02 Å². The van der Waals surface area contributed by atoms with E-state index in [1.807, 2.05) is 12.1 Å².